The lowest BCUT2D eigenvalue weighted by Crippen LogP contribution is -2.43. The summed E-state index contributed by atoms with van der Waals surface area (Å²) < 4.78 is 0. The van der Waals surface area contributed by atoms with Crippen molar-refractivity contribution in [3.05, 3.63) is 28.2 Å². The molecule has 24 heavy (non-hydrogen) atoms. The number of amides is 1. The van der Waals surface area contributed by atoms with Crippen LogP contribution in [0.4, 0.5) is 5.69 Å². The molecule has 0 bridgehead atoms. The molecule has 0 aliphatic carbocycles. The molecule has 3 N–H and O–H groups in total. The molecule has 0 aromatic heterocycles. The minimum atomic E-state index is -1.07. The summed E-state index contributed by atoms with van der Waals surface area (Å²) in [4.78, 5) is 25.6. The Labute approximate surface area is 152 Å². The number of nitrogens with one attached hydrogen (secondary N) is 2. The molecule has 0 spiro atoms. The van der Waals surface area contributed by atoms with E-state index in [-0.39, 0.29) is 6.42 Å². The average Bonchev–Trinajstić information content (AvgIpc) is 2.53. The van der Waals surface area contributed by atoms with E-state index in [1.165, 1.54) is 6.07 Å². The van der Waals surface area contributed by atoms with Gasteiger partial charge in [-0.3, -0.25) is 9.59 Å². The number of halogens is 2. The van der Waals surface area contributed by atoms with Crippen LogP contribution in [0.3, 0.4) is 0 Å². The van der Waals surface area contributed by atoms with Gasteiger partial charge >= 0.3 is 5.97 Å². The quantitative estimate of drug-likeness (QED) is 0.585. The maximum atomic E-state index is 12.1. The van der Waals surface area contributed by atoms with Crippen molar-refractivity contribution in [3.63, 3.8) is 0 Å². The van der Waals surface area contributed by atoms with Crippen LogP contribution in [0.25, 0.3) is 0 Å². The fraction of sp³-hybridized carbons (Fsp3) is 0.500. The summed E-state index contributed by atoms with van der Waals surface area (Å²) in [5, 5.41) is 15.5. The van der Waals surface area contributed by atoms with Gasteiger partial charge in [0.1, 0.15) is 6.04 Å². The Balaban J connectivity index is 2.56. The average molecular weight is 376 g/mol. The SMILES string of the molecule is CCN(CC)CCNC(CC(=O)Nc1cc(Cl)ccc1Cl)C(=O)O. The highest BCUT2D eigenvalue weighted by molar-refractivity contribution is 6.35. The van der Waals surface area contributed by atoms with Gasteiger partial charge in [0, 0.05) is 18.1 Å². The molecule has 1 unspecified atom stereocenters. The molecule has 6 nitrogen and oxygen atoms in total. The molecular weight excluding hydrogens is 353 g/mol. The maximum Gasteiger partial charge on any atom is 0.321 e. The van der Waals surface area contributed by atoms with E-state index in [0.717, 1.165) is 19.6 Å². The van der Waals surface area contributed by atoms with Crippen LogP contribution in [0.1, 0.15) is 20.3 Å². The Morgan fingerprint density at radius 3 is 2.50 bits per heavy atom. The van der Waals surface area contributed by atoms with Gasteiger partial charge in [0.15, 0.2) is 0 Å². The summed E-state index contributed by atoms with van der Waals surface area (Å²) in [7, 11) is 0. The van der Waals surface area contributed by atoms with Gasteiger partial charge in [0.25, 0.3) is 0 Å². The van der Waals surface area contributed by atoms with Crippen molar-refractivity contribution in [1.29, 1.82) is 0 Å². The first-order valence-electron chi connectivity index (χ1n) is 7.80. The third-order valence-corrected chi connectivity index (χ3v) is 4.17. The highest BCUT2D eigenvalue weighted by Crippen LogP contribution is 2.25. The van der Waals surface area contributed by atoms with Crippen LogP contribution in [0.15, 0.2) is 18.2 Å². The van der Waals surface area contributed by atoms with Gasteiger partial charge in [-0.25, -0.2) is 0 Å². The molecule has 8 heteroatoms. The Morgan fingerprint density at radius 1 is 1.25 bits per heavy atom. The Morgan fingerprint density at radius 2 is 1.92 bits per heavy atom. The van der Waals surface area contributed by atoms with Crippen LogP contribution >= 0.6 is 23.2 Å². The molecule has 134 valence electrons. The van der Waals surface area contributed by atoms with Crippen molar-refractivity contribution in [3.8, 4) is 0 Å². The second-order valence-electron chi connectivity index (χ2n) is 5.25. The number of carboxylic acid groups (broad SMARTS) is 1. The van der Waals surface area contributed by atoms with Gasteiger partial charge in [-0.2, -0.15) is 0 Å². The number of hydrogen-bond acceptors (Lipinski definition) is 4. The van der Waals surface area contributed by atoms with E-state index in [0.29, 0.717) is 22.3 Å². The maximum absolute atomic E-state index is 12.1. The third kappa shape index (κ3) is 7.05. The fourth-order valence-corrected chi connectivity index (χ4v) is 2.50. The highest BCUT2D eigenvalue weighted by atomic mass is 35.5. The van der Waals surface area contributed by atoms with Crippen molar-refractivity contribution in [2.75, 3.05) is 31.5 Å². The van der Waals surface area contributed by atoms with Gasteiger partial charge in [0.05, 0.1) is 17.1 Å². The van der Waals surface area contributed by atoms with Gasteiger partial charge in [0.2, 0.25) is 5.91 Å². The van der Waals surface area contributed by atoms with Crippen LogP contribution in [0.2, 0.25) is 10.0 Å². The molecule has 0 saturated carbocycles. The summed E-state index contributed by atoms with van der Waals surface area (Å²) in [5.74, 6) is -1.51. The fourth-order valence-electron chi connectivity index (χ4n) is 2.16. The number of hydrogen-bond donors (Lipinski definition) is 3. The van der Waals surface area contributed by atoms with Gasteiger partial charge in [-0.05, 0) is 31.3 Å². The minimum Gasteiger partial charge on any atom is -0.480 e. The lowest BCUT2D eigenvalue weighted by atomic mass is 10.2. The normalized spacial score (nSPS) is 12.2. The van der Waals surface area contributed by atoms with E-state index in [9.17, 15) is 14.7 Å². The predicted molar refractivity (Wildman–Crippen MR) is 96.9 cm³/mol. The molecule has 0 heterocycles. The number of carboxylic acids is 1. The van der Waals surface area contributed by atoms with E-state index < -0.39 is 17.9 Å². The Bertz CT molecular complexity index is 565. The smallest absolute Gasteiger partial charge is 0.321 e. The number of carbonyl (C=O) groups excluding carboxylic acids is 1. The second kappa shape index (κ2) is 10.5. The first-order valence-corrected chi connectivity index (χ1v) is 8.56. The Hall–Kier alpha value is -1.34. The van der Waals surface area contributed by atoms with Crippen LogP contribution in [0, 0.1) is 0 Å². The first kappa shape index (κ1) is 20.7. The third-order valence-electron chi connectivity index (χ3n) is 3.60. The number of nitrogens with zero attached hydrogens (tertiary/aromatic N) is 1. The summed E-state index contributed by atoms with van der Waals surface area (Å²) >= 11 is 11.8. The van der Waals surface area contributed by atoms with Gasteiger partial charge in [-0.1, -0.05) is 37.0 Å². The summed E-state index contributed by atoms with van der Waals surface area (Å²) in [6.07, 6.45) is -0.198. The largest absolute Gasteiger partial charge is 0.480 e. The lowest BCUT2D eigenvalue weighted by Gasteiger charge is -2.20. The van der Waals surface area contributed by atoms with E-state index in [1.54, 1.807) is 12.1 Å². The van der Waals surface area contributed by atoms with Crippen LogP contribution in [-0.4, -0.2) is 54.1 Å². The van der Waals surface area contributed by atoms with E-state index >= 15 is 0 Å². The number of aliphatic carboxylic acids is 1. The van der Waals surface area contributed by atoms with E-state index in [2.05, 4.69) is 15.5 Å². The summed E-state index contributed by atoms with van der Waals surface area (Å²) in [5.41, 5.74) is 0.362. The van der Waals surface area contributed by atoms with Crippen LogP contribution in [0.5, 0.6) is 0 Å². The zero-order valence-electron chi connectivity index (χ0n) is 13.8. The highest BCUT2D eigenvalue weighted by Gasteiger charge is 2.21. The first-order chi connectivity index (χ1) is 11.4. The van der Waals surface area contributed by atoms with Crippen LogP contribution in [-0.2, 0) is 9.59 Å². The van der Waals surface area contributed by atoms with Crippen molar-refractivity contribution < 1.29 is 14.7 Å². The molecule has 1 atom stereocenters. The van der Waals surface area contributed by atoms with Crippen molar-refractivity contribution in [2.45, 2.75) is 26.3 Å². The molecule has 0 saturated heterocycles. The molecule has 1 aromatic carbocycles. The Kier molecular flexibility index (Phi) is 9.07. The molecule has 1 rings (SSSR count). The monoisotopic (exact) mass is 375 g/mol. The molecular formula is C16H23Cl2N3O3. The standard InChI is InChI=1S/C16H23Cl2N3O3/c1-3-21(4-2)8-7-19-14(16(23)24)10-15(22)20-13-9-11(17)5-6-12(13)18/h5-6,9,14,19H,3-4,7-8,10H2,1-2H3,(H,20,22)(H,23,24). The minimum absolute atomic E-state index is 0.198. The summed E-state index contributed by atoms with van der Waals surface area (Å²) in [6, 6.07) is 3.73. The zero-order chi connectivity index (χ0) is 18.1. The molecule has 0 fully saturated rings. The number of benzene rings is 1. The number of carbonyl (C=O) groups is 2. The van der Waals surface area contributed by atoms with E-state index in [4.69, 9.17) is 23.2 Å². The zero-order valence-corrected chi connectivity index (χ0v) is 15.3. The van der Waals surface area contributed by atoms with Crippen LogP contribution < -0.4 is 10.6 Å². The number of anilines is 1. The van der Waals surface area contributed by atoms with Crippen molar-refractivity contribution >= 4 is 40.8 Å². The molecule has 0 aliphatic rings. The molecule has 1 aromatic rings. The van der Waals surface area contributed by atoms with E-state index in [1.807, 2.05) is 13.8 Å². The predicted octanol–water partition coefficient (Wildman–Crippen LogP) is 2.71. The van der Waals surface area contributed by atoms with Gasteiger partial charge in [-0.15, -0.1) is 0 Å². The molecule has 0 aliphatic heterocycles. The van der Waals surface area contributed by atoms with Crippen molar-refractivity contribution in [2.24, 2.45) is 0 Å². The lowest BCUT2D eigenvalue weighted by molar-refractivity contribution is -0.141. The topological polar surface area (TPSA) is 81.7 Å². The van der Waals surface area contributed by atoms with Gasteiger partial charge < -0.3 is 20.6 Å². The molecule has 0 radical (unpaired) electrons. The molecule has 1 amide bonds. The number of likely N-dealkylation sites (N-methyl/N-ethyl adjacent to an activating group) is 1. The summed E-state index contributed by atoms with van der Waals surface area (Å²) in [6.45, 7) is 7.08. The van der Waals surface area contributed by atoms with Crippen molar-refractivity contribution in [1.82, 2.24) is 10.2 Å². The second-order valence-corrected chi connectivity index (χ2v) is 6.09. The number of rotatable bonds is 10.